The molecule has 2 heteroatoms. The zero-order valence-electron chi connectivity index (χ0n) is 8.66. The number of nitrogens with two attached hydrogens (primary N) is 1. The largest absolute Gasteiger partial charge is 0.399 e. The lowest BCUT2D eigenvalue weighted by atomic mass is 10.1. The van der Waals surface area contributed by atoms with Crippen LogP contribution in [0.25, 0.3) is 0 Å². The summed E-state index contributed by atoms with van der Waals surface area (Å²) in [6.07, 6.45) is 2.90. The molecule has 1 rings (SSSR count). The van der Waals surface area contributed by atoms with Crippen LogP contribution in [0.5, 0.6) is 0 Å². The summed E-state index contributed by atoms with van der Waals surface area (Å²) in [4.78, 5) is 0. The van der Waals surface area contributed by atoms with Crippen molar-refractivity contribution in [3.05, 3.63) is 42.5 Å². The van der Waals surface area contributed by atoms with Crippen LogP contribution in [0, 0.1) is 0 Å². The van der Waals surface area contributed by atoms with E-state index < -0.39 is 0 Å². The summed E-state index contributed by atoms with van der Waals surface area (Å²) < 4.78 is 0. The maximum atomic E-state index is 5.61. The molecular weight excluding hydrogens is 172 g/mol. The van der Waals surface area contributed by atoms with Gasteiger partial charge in [0, 0.05) is 18.3 Å². The third kappa shape index (κ3) is 3.62. The molecule has 0 aromatic heterocycles. The van der Waals surface area contributed by atoms with Crippen LogP contribution in [0.3, 0.4) is 0 Å². The monoisotopic (exact) mass is 190 g/mol. The minimum Gasteiger partial charge on any atom is -0.399 e. The lowest BCUT2D eigenvalue weighted by Gasteiger charge is -2.12. The average Bonchev–Trinajstić information content (AvgIpc) is 2.18. The first-order valence-corrected chi connectivity index (χ1v) is 4.91. The topological polar surface area (TPSA) is 38.0 Å². The lowest BCUT2D eigenvalue weighted by Crippen LogP contribution is -2.27. The molecule has 0 fully saturated rings. The summed E-state index contributed by atoms with van der Waals surface area (Å²) in [5.74, 6) is 0. The smallest absolute Gasteiger partial charge is 0.0314 e. The Hall–Kier alpha value is -1.28. The summed E-state index contributed by atoms with van der Waals surface area (Å²) >= 11 is 0. The SMILES string of the molecule is C=CCNC(C)Cc1ccc(N)cc1. The molecule has 1 aromatic rings. The second kappa shape index (κ2) is 5.45. The van der Waals surface area contributed by atoms with Crippen molar-refractivity contribution in [2.75, 3.05) is 12.3 Å². The van der Waals surface area contributed by atoms with Crippen LogP contribution in [0.2, 0.25) is 0 Å². The van der Waals surface area contributed by atoms with Crippen LogP contribution in [0.1, 0.15) is 12.5 Å². The van der Waals surface area contributed by atoms with E-state index in [1.807, 2.05) is 18.2 Å². The highest BCUT2D eigenvalue weighted by atomic mass is 14.9. The van der Waals surface area contributed by atoms with Gasteiger partial charge in [0.15, 0.2) is 0 Å². The molecule has 1 unspecified atom stereocenters. The Bertz CT molecular complexity index is 277. The van der Waals surface area contributed by atoms with Crippen molar-refractivity contribution in [2.45, 2.75) is 19.4 Å². The molecule has 0 radical (unpaired) electrons. The van der Waals surface area contributed by atoms with Crippen LogP contribution < -0.4 is 11.1 Å². The predicted octanol–water partition coefficient (Wildman–Crippen LogP) is 1.98. The summed E-state index contributed by atoms with van der Waals surface area (Å²) in [5.41, 5.74) is 7.74. The van der Waals surface area contributed by atoms with E-state index in [2.05, 4.69) is 31.0 Å². The molecule has 14 heavy (non-hydrogen) atoms. The van der Waals surface area contributed by atoms with Gasteiger partial charge in [-0.05, 0) is 31.0 Å². The molecule has 0 aliphatic rings. The van der Waals surface area contributed by atoms with Gasteiger partial charge in [-0.25, -0.2) is 0 Å². The van der Waals surface area contributed by atoms with Crippen molar-refractivity contribution in [1.82, 2.24) is 5.32 Å². The van der Waals surface area contributed by atoms with Crippen molar-refractivity contribution in [3.8, 4) is 0 Å². The average molecular weight is 190 g/mol. The van der Waals surface area contributed by atoms with Crippen LogP contribution in [0.4, 0.5) is 5.69 Å². The maximum absolute atomic E-state index is 5.61. The fourth-order valence-corrected chi connectivity index (χ4v) is 1.36. The molecule has 0 heterocycles. The Balaban J connectivity index is 2.43. The predicted molar refractivity (Wildman–Crippen MR) is 62.2 cm³/mol. The highest BCUT2D eigenvalue weighted by Crippen LogP contribution is 2.07. The Kier molecular flexibility index (Phi) is 4.20. The molecule has 0 aliphatic carbocycles. The zero-order chi connectivity index (χ0) is 10.4. The first kappa shape index (κ1) is 10.8. The van der Waals surface area contributed by atoms with Crippen molar-refractivity contribution in [2.24, 2.45) is 0 Å². The summed E-state index contributed by atoms with van der Waals surface area (Å²) in [5, 5.41) is 3.35. The Morgan fingerprint density at radius 3 is 2.64 bits per heavy atom. The molecule has 0 saturated carbocycles. The van der Waals surface area contributed by atoms with Gasteiger partial charge < -0.3 is 11.1 Å². The highest BCUT2D eigenvalue weighted by Gasteiger charge is 2.00. The fraction of sp³-hybridized carbons (Fsp3) is 0.333. The molecule has 76 valence electrons. The van der Waals surface area contributed by atoms with Crippen LogP contribution in [-0.2, 0) is 6.42 Å². The normalized spacial score (nSPS) is 12.4. The number of hydrogen-bond acceptors (Lipinski definition) is 2. The van der Waals surface area contributed by atoms with Crippen LogP contribution in [0.15, 0.2) is 36.9 Å². The molecule has 0 saturated heterocycles. The summed E-state index contributed by atoms with van der Waals surface area (Å²) in [7, 11) is 0. The van der Waals surface area contributed by atoms with Crippen molar-refractivity contribution >= 4 is 5.69 Å². The fourth-order valence-electron chi connectivity index (χ4n) is 1.36. The van der Waals surface area contributed by atoms with Gasteiger partial charge in [0.25, 0.3) is 0 Å². The molecule has 1 aromatic carbocycles. The van der Waals surface area contributed by atoms with Gasteiger partial charge in [-0.2, -0.15) is 0 Å². The number of rotatable bonds is 5. The van der Waals surface area contributed by atoms with Gasteiger partial charge in [-0.15, -0.1) is 6.58 Å². The maximum Gasteiger partial charge on any atom is 0.0314 e. The molecule has 3 N–H and O–H groups in total. The van der Waals surface area contributed by atoms with E-state index in [4.69, 9.17) is 5.73 Å². The van der Waals surface area contributed by atoms with E-state index in [9.17, 15) is 0 Å². The van der Waals surface area contributed by atoms with Crippen molar-refractivity contribution < 1.29 is 0 Å². The first-order valence-electron chi connectivity index (χ1n) is 4.91. The number of benzene rings is 1. The summed E-state index contributed by atoms with van der Waals surface area (Å²) in [6, 6.07) is 8.49. The van der Waals surface area contributed by atoms with E-state index in [1.54, 1.807) is 0 Å². The second-order valence-electron chi connectivity index (χ2n) is 3.54. The van der Waals surface area contributed by atoms with Crippen molar-refractivity contribution in [3.63, 3.8) is 0 Å². The molecular formula is C12H18N2. The second-order valence-corrected chi connectivity index (χ2v) is 3.54. The van der Waals surface area contributed by atoms with Crippen molar-refractivity contribution in [1.29, 1.82) is 0 Å². The van der Waals surface area contributed by atoms with Gasteiger partial charge in [0.05, 0.1) is 0 Å². The van der Waals surface area contributed by atoms with Gasteiger partial charge in [0.1, 0.15) is 0 Å². The van der Waals surface area contributed by atoms with E-state index in [0.717, 1.165) is 18.7 Å². The molecule has 0 spiro atoms. The molecule has 0 aliphatic heterocycles. The Morgan fingerprint density at radius 2 is 2.07 bits per heavy atom. The number of nitrogen functional groups attached to an aromatic ring is 1. The minimum atomic E-state index is 0.469. The number of nitrogens with one attached hydrogen (secondary N) is 1. The number of hydrogen-bond donors (Lipinski definition) is 2. The standard InChI is InChI=1S/C12H18N2/c1-3-8-14-10(2)9-11-4-6-12(13)7-5-11/h3-7,10,14H,1,8-9,13H2,2H3. The molecule has 0 amide bonds. The van der Waals surface area contributed by atoms with Gasteiger partial charge >= 0.3 is 0 Å². The number of anilines is 1. The van der Waals surface area contributed by atoms with E-state index in [-0.39, 0.29) is 0 Å². The van der Waals surface area contributed by atoms with Gasteiger partial charge in [-0.3, -0.25) is 0 Å². The zero-order valence-corrected chi connectivity index (χ0v) is 8.66. The van der Waals surface area contributed by atoms with Crippen LogP contribution in [-0.4, -0.2) is 12.6 Å². The Morgan fingerprint density at radius 1 is 1.43 bits per heavy atom. The third-order valence-corrected chi connectivity index (χ3v) is 2.13. The molecule has 0 bridgehead atoms. The van der Waals surface area contributed by atoms with Gasteiger partial charge in [-0.1, -0.05) is 18.2 Å². The van der Waals surface area contributed by atoms with Gasteiger partial charge in [0.2, 0.25) is 0 Å². The highest BCUT2D eigenvalue weighted by molar-refractivity contribution is 5.39. The van der Waals surface area contributed by atoms with E-state index >= 15 is 0 Å². The van der Waals surface area contributed by atoms with Crippen LogP contribution >= 0.6 is 0 Å². The molecule has 2 nitrogen and oxygen atoms in total. The summed E-state index contributed by atoms with van der Waals surface area (Å²) in [6.45, 7) is 6.70. The Labute approximate surface area is 85.8 Å². The lowest BCUT2D eigenvalue weighted by molar-refractivity contribution is 0.581. The molecule has 1 atom stereocenters. The minimum absolute atomic E-state index is 0.469. The van der Waals surface area contributed by atoms with E-state index in [0.29, 0.717) is 6.04 Å². The third-order valence-electron chi connectivity index (χ3n) is 2.13. The quantitative estimate of drug-likeness (QED) is 0.550. The first-order chi connectivity index (χ1) is 6.72. The van der Waals surface area contributed by atoms with E-state index in [1.165, 1.54) is 5.56 Å².